The quantitative estimate of drug-likeness (QED) is 0.559. The van der Waals surface area contributed by atoms with E-state index in [1.165, 1.54) is 26.4 Å². The number of hydrogen-bond donors (Lipinski definition) is 1. The van der Waals surface area contributed by atoms with Crippen molar-refractivity contribution in [2.75, 3.05) is 20.6 Å². The summed E-state index contributed by atoms with van der Waals surface area (Å²) in [4.78, 5) is 3.97. The molecule has 0 saturated carbocycles. The lowest BCUT2D eigenvalue weighted by molar-refractivity contribution is 0.506. The van der Waals surface area contributed by atoms with Gasteiger partial charge in [-0.3, -0.25) is 4.98 Å². The van der Waals surface area contributed by atoms with Crippen molar-refractivity contribution in [3.8, 4) is 11.1 Å². The second-order valence-corrected chi connectivity index (χ2v) is 10.2. The zero-order valence-corrected chi connectivity index (χ0v) is 19.1. The van der Waals surface area contributed by atoms with Crippen molar-refractivity contribution in [1.29, 1.82) is 0 Å². The zero-order chi connectivity index (χ0) is 22.1. The molecule has 9 heteroatoms. The van der Waals surface area contributed by atoms with E-state index in [4.69, 9.17) is 11.6 Å². The molecule has 2 heterocycles. The molecule has 0 saturated heterocycles. The number of rotatable bonds is 8. The van der Waals surface area contributed by atoms with Crippen molar-refractivity contribution < 1.29 is 12.8 Å². The smallest absolute Gasteiger partial charge is 0.278 e. The second kappa shape index (κ2) is 9.01. The zero-order valence-electron chi connectivity index (χ0n) is 17.5. The van der Waals surface area contributed by atoms with Gasteiger partial charge < -0.3 is 4.57 Å². The standard InChI is InChI=1S/C21H26ClFN4O2S/c1-14(2)12-27-13-15(5-8-25-30(28,29)26(3)4)17-9-20(23)18(10-21(17)27)16-6-7-24-11-19(16)22/h6-7,9-11,13-14,25H,5,8,12H2,1-4H3. The van der Waals surface area contributed by atoms with Gasteiger partial charge in [-0.15, -0.1) is 0 Å². The number of fused-ring (bicyclic) bond motifs is 1. The first kappa shape index (κ1) is 22.7. The Labute approximate surface area is 181 Å². The molecule has 0 amide bonds. The van der Waals surface area contributed by atoms with Crippen LogP contribution < -0.4 is 4.72 Å². The Kier molecular flexibility index (Phi) is 6.81. The van der Waals surface area contributed by atoms with Crippen LogP contribution in [0, 0.1) is 11.7 Å². The van der Waals surface area contributed by atoms with E-state index in [2.05, 4.69) is 28.1 Å². The average molecular weight is 453 g/mol. The van der Waals surface area contributed by atoms with E-state index >= 15 is 4.39 Å². The molecule has 6 nitrogen and oxygen atoms in total. The normalized spacial score (nSPS) is 12.4. The maximum Gasteiger partial charge on any atom is 0.278 e. The van der Waals surface area contributed by atoms with Gasteiger partial charge in [-0.05, 0) is 36.1 Å². The van der Waals surface area contributed by atoms with Gasteiger partial charge in [0, 0.05) is 67.8 Å². The molecular weight excluding hydrogens is 427 g/mol. The lowest BCUT2D eigenvalue weighted by Gasteiger charge is -2.12. The summed E-state index contributed by atoms with van der Waals surface area (Å²) in [7, 11) is -0.567. The number of halogens is 2. The van der Waals surface area contributed by atoms with Crippen LogP contribution in [0.5, 0.6) is 0 Å². The molecule has 0 aliphatic heterocycles. The third-order valence-electron chi connectivity index (χ3n) is 4.84. The minimum absolute atomic E-state index is 0.223. The summed E-state index contributed by atoms with van der Waals surface area (Å²) in [5, 5.41) is 1.15. The highest BCUT2D eigenvalue weighted by atomic mass is 35.5. The van der Waals surface area contributed by atoms with Crippen LogP contribution in [0.1, 0.15) is 19.4 Å². The van der Waals surface area contributed by atoms with Crippen molar-refractivity contribution in [3.05, 3.63) is 53.2 Å². The van der Waals surface area contributed by atoms with Crippen molar-refractivity contribution >= 4 is 32.7 Å². The van der Waals surface area contributed by atoms with Gasteiger partial charge in [-0.2, -0.15) is 12.7 Å². The lowest BCUT2D eigenvalue weighted by atomic mass is 10.0. The fourth-order valence-electron chi connectivity index (χ4n) is 3.37. The molecule has 1 aromatic carbocycles. The van der Waals surface area contributed by atoms with Crippen LogP contribution in [0.2, 0.25) is 5.02 Å². The van der Waals surface area contributed by atoms with Crippen LogP contribution in [-0.2, 0) is 23.2 Å². The molecule has 2 aromatic heterocycles. The number of hydrogen-bond acceptors (Lipinski definition) is 3. The number of nitrogens with one attached hydrogen (secondary N) is 1. The predicted octanol–water partition coefficient (Wildman–Crippen LogP) is 4.09. The molecule has 0 atom stereocenters. The van der Waals surface area contributed by atoms with Gasteiger partial charge in [0.1, 0.15) is 5.82 Å². The molecule has 0 aliphatic carbocycles. The molecule has 0 bridgehead atoms. The van der Waals surface area contributed by atoms with Gasteiger partial charge in [0.15, 0.2) is 0 Å². The largest absolute Gasteiger partial charge is 0.347 e. The van der Waals surface area contributed by atoms with E-state index in [0.29, 0.717) is 28.5 Å². The molecule has 3 rings (SSSR count). The summed E-state index contributed by atoms with van der Waals surface area (Å²) in [5.74, 6) is 0.00623. The van der Waals surface area contributed by atoms with Crippen LogP contribution in [0.15, 0.2) is 36.8 Å². The highest BCUT2D eigenvalue weighted by molar-refractivity contribution is 7.87. The van der Waals surface area contributed by atoms with Gasteiger partial charge in [0.2, 0.25) is 0 Å². The van der Waals surface area contributed by atoms with E-state index in [1.807, 2.05) is 12.3 Å². The second-order valence-electron chi connectivity index (χ2n) is 7.84. The van der Waals surface area contributed by atoms with Crippen molar-refractivity contribution in [1.82, 2.24) is 18.6 Å². The minimum Gasteiger partial charge on any atom is -0.347 e. The summed E-state index contributed by atoms with van der Waals surface area (Å²) in [6, 6.07) is 5.01. The van der Waals surface area contributed by atoms with E-state index < -0.39 is 10.2 Å². The third kappa shape index (κ3) is 4.83. The van der Waals surface area contributed by atoms with Gasteiger partial charge in [-0.25, -0.2) is 9.11 Å². The van der Waals surface area contributed by atoms with Crippen molar-refractivity contribution in [3.63, 3.8) is 0 Å². The maximum atomic E-state index is 15.0. The van der Waals surface area contributed by atoms with Gasteiger partial charge in [0.05, 0.1) is 5.02 Å². The summed E-state index contributed by atoms with van der Waals surface area (Å²) in [6.45, 7) is 5.21. The predicted molar refractivity (Wildman–Crippen MR) is 119 cm³/mol. The fraction of sp³-hybridized carbons (Fsp3) is 0.381. The van der Waals surface area contributed by atoms with Crippen molar-refractivity contribution in [2.45, 2.75) is 26.8 Å². The molecule has 30 heavy (non-hydrogen) atoms. The van der Waals surface area contributed by atoms with Crippen molar-refractivity contribution in [2.24, 2.45) is 5.92 Å². The topological polar surface area (TPSA) is 67.2 Å². The monoisotopic (exact) mass is 452 g/mol. The highest BCUT2D eigenvalue weighted by Crippen LogP contribution is 2.34. The van der Waals surface area contributed by atoms with Crippen LogP contribution in [0.4, 0.5) is 4.39 Å². The Morgan fingerprint density at radius 3 is 2.63 bits per heavy atom. The number of aromatic nitrogens is 2. The number of pyridine rings is 1. The Morgan fingerprint density at radius 2 is 2.00 bits per heavy atom. The van der Waals surface area contributed by atoms with Gasteiger partial charge >= 0.3 is 0 Å². The summed E-state index contributed by atoms with van der Waals surface area (Å²) in [5.41, 5.74) is 2.78. The Morgan fingerprint density at radius 1 is 1.27 bits per heavy atom. The van der Waals surface area contributed by atoms with Crippen LogP contribution >= 0.6 is 11.6 Å². The van der Waals surface area contributed by atoms with E-state index in [1.54, 1.807) is 12.3 Å². The van der Waals surface area contributed by atoms with Crippen LogP contribution in [0.25, 0.3) is 22.0 Å². The van der Waals surface area contributed by atoms with Gasteiger partial charge in [-0.1, -0.05) is 25.4 Å². The molecule has 0 unspecified atom stereocenters. The molecule has 0 aliphatic rings. The first-order chi connectivity index (χ1) is 14.1. The number of benzene rings is 1. The van der Waals surface area contributed by atoms with Gasteiger partial charge in [0.25, 0.3) is 10.2 Å². The third-order valence-corrected chi connectivity index (χ3v) is 6.67. The van der Waals surface area contributed by atoms with Crippen LogP contribution in [0.3, 0.4) is 0 Å². The highest BCUT2D eigenvalue weighted by Gasteiger charge is 2.17. The van der Waals surface area contributed by atoms with E-state index in [0.717, 1.165) is 27.3 Å². The molecule has 0 fully saturated rings. The first-order valence-electron chi connectivity index (χ1n) is 9.68. The average Bonchev–Trinajstić information content (AvgIpc) is 2.97. The lowest BCUT2D eigenvalue weighted by Crippen LogP contribution is -2.36. The molecular formula is C21H26ClFN4O2S. The minimum atomic E-state index is -3.51. The summed E-state index contributed by atoms with van der Waals surface area (Å²) >= 11 is 6.24. The Balaban J connectivity index is 2.03. The Hall–Kier alpha value is -2.00. The summed E-state index contributed by atoms with van der Waals surface area (Å²) < 4.78 is 44.7. The number of nitrogens with zero attached hydrogens (tertiary/aromatic N) is 3. The van der Waals surface area contributed by atoms with Crippen LogP contribution in [-0.4, -0.2) is 42.9 Å². The Bertz CT molecular complexity index is 1160. The molecule has 3 aromatic rings. The maximum absolute atomic E-state index is 15.0. The molecule has 0 spiro atoms. The first-order valence-corrected chi connectivity index (χ1v) is 11.5. The molecule has 0 radical (unpaired) electrons. The molecule has 162 valence electrons. The summed E-state index contributed by atoms with van der Waals surface area (Å²) in [6.07, 6.45) is 5.51. The fourth-order valence-corrected chi connectivity index (χ4v) is 4.21. The van der Waals surface area contributed by atoms with E-state index in [9.17, 15) is 8.42 Å². The van der Waals surface area contributed by atoms with E-state index in [-0.39, 0.29) is 12.4 Å². The SMILES string of the molecule is CC(C)Cn1cc(CCNS(=O)(=O)N(C)C)c2cc(F)c(-c3ccncc3Cl)cc21. The molecule has 1 N–H and O–H groups in total.